The number of para-hydroxylation sites is 1. The molecule has 0 saturated carbocycles. The molecule has 0 radical (unpaired) electrons. The summed E-state index contributed by atoms with van der Waals surface area (Å²) in [5.41, 5.74) is 5.60. The van der Waals surface area contributed by atoms with E-state index >= 15 is 0 Å². The van der Waals surface area contributed by atoms with Crippen molar-refractivity contribution < 1.29 is 17.6 Å². The molecule has 2 rings (SSSR count). The summed E-state index contributed by atoms with van der Waals surface area (Å²) in [5.74, 6) is -0.0536. The molecule has 1 aromatic heterocycles. The third-order valence-corrected chi connectivity index (χ3v) is 4.75. The van der Waals surface area contributed by atoms with Gasteiger partial charge in [0.15, 0.2) is 15.6 Å². The van der Waals surface area contributed by atoms with Gasteiger partial charge in [-0.3, -0.25) is 4.79 Å². The summed E-state index contributed by atoms with van der Waals surface area (Å²) in [6.45, 7) is 1.85. The summed E-state index contributed by atoms with van der Waals surface area (Å²) >= 11 is 0. The van der Waals surface area contributed by atoms with Crippen LogP contribution in [0.1, 0.15) is 23.2 Å². The molecule has 21 heavy (non-hydrogen) atoms. The lowest BCUT2D eigenvalue weighted by Crippen LogP contribution is -2.10. The summed E-state index contributed by atoms with van der Waals surface area (Å²) in [5, 5.41) is 3.00. The molecule has 0 bridgehead atoms. The average Bonchev–Trinajstić information content (AvgIpc) is 2.94. The van der Waals surface area contributed by atoms with Crippen molar-refractivity contribution in [3.05, 3.63) is 47.9 Å². The van der Waals surface area contributed by atoms with Crippen LogP contribution in [-0.2, 0) is 16.4 Å². The minimum atomic E-state index is -3.31. The number of hydrogen-bond acceptors (Lipinski definition) is 5. The number of nitrogens with one attached hydrogen (secondary N) is 1. The van der Waals surface area contributed by atoms with E-state index in [1.165, 1.54) is 6.07 Å². The van der Waals surface area contributed by atoms with Crippen LogP contribution in [0, 0.1) is 0 Å². The maximum atomic E-state index is 12.0. The number of carbonyl (C=O) groups excluding carboxylic acids is 1. The lowest BCUT2D eigenvalue weighted by molar-refractivity contribution is 0.0972. The van der Waals surface area contributed by atoms with E-state index in [1.807, 2.05) is 0 Å². The van der Waals surface area contributed by atoms with Crippen molar-refractivity contribution in [2.45, 2.75) is 18.4 Å². The van der Waals surface area contributed by atoms with Crippen molar-refractivity contribution in [1.82, 2.24) is 0 Å². The quantitative estimate of drug-likeness (QED) is 0.847. The molecule has 6 nitrogen and oxygen atoms in total. The first-order valence-electron chi connectivity index (χ1n) is 6.38. The fourth-order valence-corrected chi connectivity index (χ4v) is 2.90. The number of rotatable bonds is 6. The number of carbonyl (C=O) groups is 1. The van der Waals surface area contributed by atoms with Gasteiger partial charge in [0.2, 0.25) is 0 Å². The molecular formula is C14H16N2O4S. The Morgan fingerprint density at radius 1 is 1.24 bits per heavy atom. The lowest BCUT2D eigenvalue weighted by Gasteiger charge is -2.10. The van der Waals surface area contributed by atoms with E-state index in [0.717, 1.165) is 0 Å². The molecule has 1 amide bonds. The van der Waals surface area contributed by atoms with E-state index in [9.17, 15) is 13.2 Å². The van der Waals surface area contributed by atoms with E-state index in [1.54, 1.807) is 37.3 Å². The minimum Gasteiger partial charge on any atom is -0.454 e. The highest BCUT2D eigenvalue weighted by Crippen LogP contribution is 2.22. The van der Waals surface area contributed by atoms with Gasteiger partial charge in [-0.2, -0.15) is 0 Å². The second-order valence-corrected chi connectivity index (χ2v) is 6.63. The Morgan fingerprint density at radius 3 is 2.57 bits per heavy atom. The van der Waals surface area contributed by atoms with Crippen molar-refractivity contribution in [2.24, 2.45) is 5.73 Å². The second-order valence-electron chi connectivity index (χ2n) is 4.38. The molecule has 0 aliphatic carbocycles. The van der Waals surface area contributed by atoms with Crippen LogP contribution in [0.2, 0.25) is 0 Å². The van der Waals surface area contributed by atoms with E-state index in [-0.39, 0.29) is 23.0 Å². The zero-order chi connectivity index (χ0) is 15.5. The summed E-state index contributed by atoms with van der Waals surface area (Å²) in [6.07, 6.45) is 0. The molecule has 0 aliphatic rings. The maximum absolute atomic E-state index is 12.0. The largest absolute Gasteiger partial charge is 0.454 e. The Kier molecular flexibility index (Phi) is 4.32. The van der Waals surface area contributed by atoms with Gasteiger partial charge in [0.05, 0.1) is 22.9 Å². The normalized spacial score (nSPS) is 11.3. The van der Waals surface area contributed by atoms with Crippen molar-refractivity contribution in [2.75, 3.05) is 11.1 Å². The molecule has 0 fully saturated rings. The molecule has 0 aliphatic heterocycles. The molecule has 2 aromatic rings. The van der Waals surface area contributed by atoms with E-state index in [4.69, 9.17) is 10.2 Å². The summed E-state index contributed by atoms with van der Waals surface area (Å²) in [4.78, 5) is 11.2. The van der Waals surface area contributed by atoms with Crippen molar-refractivity contribution >= 4 is 21.4 Å². The third kappa shape index (κ3) is 3.43. The third-order valence-electron chi connectivity index (χ3n) is 2.96. The zero-order valence-corrected chi connectivity index (χ0v) is 12.3. The van der Waals surface area contributed by atoms with Crippen LogP contribution in [-0.4, -0.2) is 20.1 Å². The summed E-state index contributed by atoms with van der Waals surface area (Å²) in [6, 6.07) is 9.75. The standard InChI is InChI=1S/C14H16N2O4S/c1-2-21(18,19)13-6-4-3-5-11(13)16-9-10-7-8-12(20-10)14(15)17/h3-8,16H,2,9H2,1H3,(H2,15,17). The number of anilines is 1. The predicted octanol–water partition coefficient (Wildman–Crippen LogP) is 1.78. The van der Waals surface area contributed by atoms with Crippen molar-refractivity contribution in [3.63, 3.8) is 0 Å². The number of primary amides is 1. The van der Waals surface area contributed by atoms with Gasteiger partial charge in [0.25, 0.3) is 5.91 Å². The molecule has 1 aromatic carbocycles. The van der Waals surface area contributed by atoms with E-state index in [0.29, 0.717) is 11.4 Å². The highest BCUT2D eigenvalue weighted by molar-refractivity contribution is 7.91. The molecule has 0 saturated heterocycles. The van der Waals surface area contributed by atoms with Crippen LogP contribution in [0.25, 0.3) is 0 Å². The van der Waals surface area contributed by atoms with Crippen molar-refractivity contribution in [1.29, 1.82) is 0 Å². The minimum absolute atomic E-state index is 0.0261. The van der Waals surface area contributed by atoms with E-state index < -0.39 is 15.7 Å². The number of benzene rings is 1. The van der Waals surface area contributed by atoms with Crippen LogP contribution in [0.3, 0.4) is 0 Å². The Hall–Kier alpha value is -2.28. The van der Waals surface area contributed by atoms with Gasteiger partial charge in [-0.05, 0) is 24.3 Å². The fourth-order valence-electron chi connectivity index (χ4n) is 1.83. The average molecular weight is 308 g/mol. The Labute approximate surface area is 122 Å². The number of nitrogens with two attached hydrogens (primary N) is 1. The van der Waals surface area contributed by atoms with Crippen LogP contribution in [0.5, 0.6) is 0 Å². The second kappa shape index (κ2) is 6.01. The van der Waals surface area contributed by atoms with Crippen LogP contribution < -0.4 is 11.1 Å². The highest BCUT2D eigenvalue weighted by Gasteiger charge is 2.16. The molecule has 0 atom stereocenters. The summed E-state index contributed by atoms with van der Waals surface area (Å²) in [7, 11) is -3.31. The number of furan rings is 1. The number of sulfone groups is 1. The van der Waals surface area contributed by atoms with Gasteiger partial charge in [-0.1, -0.05) is 19.1 Å². The first kappa shape index (κ1) is 15.1. The molecule has 112 valence electrons. The maximum Gasteiger partial charge on any atom is 0.284 e. The number of hydrogen-bond donors (Lipinski definition) is 2. The van der Waals surface area contributed by atoms with Crippen LogP contribution >= 0.6 is 0 Å². The summed E-state index contributed by atoms with van der Waals surface area (Å²) < 4.78 is 29.2. The smallest absolute Gasteiger partial charge is 0.284 e. The van der Waals surface area contributed by atoms with Gasteiger partial charge in [0.1, 0.15) is 5.76 Å². The number of amides is 1. The van der Waals surface area contributed by atoms with Crippen LogP contribution in [0.4, 0.5) is 5.69 Å². The van der Waals surface area contributed by atoms with Crippen LogP contribution in [0.15, 0.2) is 45.7 Å². The van der Waals surface area contributed by atoms with Gasteiger partial charge in [0, 0.05) is 0 Å². The molecule has 7 heteroatoms. The molecular weight excluding hydrogens is 292 g/mol. The molecule has 0 unspecified atom stereocenters. The predicted molar refractivity (Wildman–Crippen MR) is 78.7 cm³/mol. The van der Waals surface area contributed by atoms with Gasteiger partial charge in [-0.25, -0.2) is 8.42 Å². The monoisotopic (exact) mass is 308 g/mol. The zero-order valence-electron chi connectivity index (χ0n) is 11.5. The molecule has 1 heterocycles. The van der Waals surface area contributed by atoms with Gasteiger partial charge < -0.3 is 15.5 Å². The lowest BCUT2D eigenvalue weighted by atomic mass is 10.3. The fraction of sp³-hybridized carbons (Fsp3) is 0.214. The Bertz CT molecular complexity index is 750. The van der Waals surface area contributed by atoms with Crippen molar-refractivity contribution in [3.8, 4) is 0 Å². The topological polar surface area (TPSA) is 102 Å². The SMILES string of the molecule is CCS(=O)(=O)c1ccccc1NCc1ccc(C(N)=O)o1. The van der Waals surface area contributed by atoms with E-state index in [2.05, 4.69) is 5.32 Å². The van der Waals surface area contributed by atoms with Gasteiger partial charge in [-0.15, -0.1) is 0 Å². The molecule has 0 spiro atoms. The Morgan fingerprint density at radius 2 is 1.95 bits per heavy atom. The Balaban J connectivity index is 2.18. The molecule has 3 N–H and O–H groups in total. The first-order valence-corrected chi connectivity index (χ1v) is 8.03. The van der Waals surface area contributed by atoms with Gasteiger partial charge >= 0.3 is 0 Å². The first-order chi connectivity index (χ1) is 9.94. The highest BCUT2D eigenvalue weighted by atomic mass is 32.2.